The van der Waals surface area contributed by atoms with Gasteiger partial charge in [0.25, 0.3) is 0 Å². The van der Waals surface area contributed by atoms with Crippen molar-refractivity contribution in [2.24, 2.45) is 5.92 Å². The van der Waals surface area contributed by atoms with Crippen molar-refractivity contribution in [2.75, 3.05) is 6.61 Å². The first kappa shape index (κ1) is 15.1. The highest BCUT2D eigenvalue weighted by Gasteiger charge is 2.64. The molecule has 2 saturated heterocycles. The lowest BCUT2D eigenvalue weighted by molar-refractivity contribution is -0.198. The first-order valence-corrected chi connectivity index (χ1v) is 8.59. The molecule has 124 valence electrons. The topological polar surface area (TPSA) is 54.0 Å². The molecule has 4 aliphatic rings. The molecule has 5 nitrogen and oxygen atoms in total. The number of carbonyl (C=O) groups is 1. The van der Waals surface area contributed by atoms with Crippen LogP contribution in [0.3, 0.4) is 0 Å². The number of ketones is 1. The predicted molar refractivity (Wildman–Crippen MR) is 78.2 cm³/mol. The Morgan fingerprint density at radius 3 is 2.45 bits per heavy atom. The van der Waals surface area contributed by atoms with E-state index < -0.39 is 23.3 Å². The maximum Gasteiger partial charge on any atom is 0.198 e. The molecule has 5 heteroatoms. The highest BCUT2D eigenvalue weighted by atomic mass is 16.8. The van der Waals surface area contributed by atoms with Crippen molar-refractivity contribution in [2.45, 2.75) is 88.7 Å². The summed E-state index contributed by atoms with van der Waals surface area (Å²) in [5.74, 6) is -0.993. The van der Waals surface area contributed by atoms with Crippen molar-refractivity contribution in [1.82, 2.24) is 0 Å². The van der Waals surface area contributed by atoms with Gasteiger partial charge in [-0.3, -0.25) is 4.79 Å². The van der Waals surface area contributed by atoms with Gasteiger partial charge in [-0.25, -0.2) is 0 Å². The van der Waals surface area contributed by atoms with Crippen molar-refractivity contribution in [3.63, 3.8) is 0 Å². The van der Waals surface area contributed by atoms with Crippen molar-refractivity contribution in [3.05, 3.63) is 0 Å². The van der Waals surface area contributed by atoms with Crippen molar-refractivity contribution < 1.29 is 23.7 Å². The molecular formula is C17H26O5. The van der Waals surface area contributed by atoms with Crippen LogP contribution in [0.15, 0.2) is 0 Å². The van der Waals surface area contributed by atoms with E-state index in [4.69, 9.17) is 18.9 Å². The second-order valence-electron chi connectivity index (χ2n) is 7.92. The fourth-order valence-electron chi connectivity index (χ4n) is 4.62. The fourth-order valence-corrected chi connectivity index (χ4v) is 4.62. The molecular weight excluding hydrogens is 284 g/mol. The molecule has 0 aromatic rings. The lowest BCUT2D eigenvalue weighted by Crippen LogP contribution is -2.58. The molecule has 2 aliphatic carbocycles. The van der Waals surface area contributed by atoms with Gasteiger partial charge in [0.05, 0.1) is 12.7 Å². The van der Waals surface area contributed by atoms with Gasteiger partial charge in [-0.2, -0.15) is 0 Å². The zero-order chi connectivity index (χ0) is 15.6. The van der Waals surface area contributed by atoms with Crippen LogP contribution in [0.4, 0.5) is 0 Å². The third-order valence-electron chi connectivity index (χ3n) is 5.62. The average Bonchev–Trinajstić information content (AvgIpc) is 2.97. The summed E-state index contributed by atoms with van der Waals surface area (Å²) >= 11 is 0. The number of ether oxygens (including phenoxy) is 4. The van der Waals surface area contributed by atoms with Gasteiger partial charge in [0, 0.05) is 12.8 Å². The van der Waals surface area contributed by atoms with Crippen LogP contribution in [0.1, 0.15) is 59.3 Å². The molecule has 2 heterocycles. The van der Waals surface area contributed by atoms with E-state index in [0.29, 0.717) is 13.0 Å². The van der Waals surface area contributed by atoms with E-state index in [2.05, 4.69) is 6.92 Å². The van der Waals surface area contributed by atoms with E-state index in [0.717, 1.165) is 25.7 Å². The molecule has 4 rings (SSSR count). The molecule has 4 fully saturated rings. The first-order valence-electron chi connectivity index (χ1n) is 8.59. The van der Waals surface area contributed by atoms with Crippen LogP contribution in [0.25, 0.3) is 0 Å². The van der Waals surface area contributed by atoms with E-state index in [-0.39, 0.29) is 17.8 Å². The highest BCUT2D eigenvalue weighted by molar-refractivity contribution is 5.93. The summed E-state index contributed by atoms with van der Waals surface area (Å²) in [7, 11) is 0. The normalized spacial score (nSPS) is 46.3. The van der Waals surface area contributed by atoms with Gasteiger partial charge >= 0.3 is 0 Å². The quantitative estimate of drug-likeness (QED) is 0.688. The molecule has 4 atom stereocenters. The van der Waals surface area contributed by atoms with Gasteiger partial charge in [-0.15, -0.1) is 0 Å². The maximum absolute atomic E-state index is 13.1. The van der Waals surface area contributed by atoms with Gasteiger partial charge in [-0.1, -0.05) is 13.3 Å². The van der Waals surface area contributed by atoms with E-state index in [1.54, 1.807) is 0 Å². The Kier molecular flexibility index (Phi) is 3.26. The van der Waals surface area contributed by atoms with E-state index in [1.165, 1.54) is 6.42 Å². The summed E-state index contributed by atoms with van der Waals surface area (Å²) in [5.41, 5.74) is -0.854. The molecule has 0 N–H and O–H groups in total. The standard InChI is InChI=1S/C17H26O5/c1-11-9-16(10-19-15(2,3)22-16)14(18)13-12(11)20-17(21-13)7-5-4-6-8-17/h11-13H,4-10H2,1-3H3/t11-,12+,13?,16-/m1/s1. The molecule has 22 heavy (non-hydrogen) atoms. The Labute approximate surface area is 131 Å². The minimum Gasteiger partial charge on any atom is -0.347 e. The Morgan fingerprint density at radius 1 is 1.09 bits per heavy atom. The SMILES string of the molecule is C[C@@H]1C[C@@]2(COC(C)(C)O2)C(=O)C2OC3(CCCCC3)O[C@H]21. The lowest BCUT2D eigenvalue weighted by Gasteiger charge is -2.39. The van der Waals surface area contributed by atoms with Gasteiger partial charge in [0.15, 0.2) is 23.0 Å². The molecule has 0 amide bonds. The molecule has 2 aliphatic heterocycles. The zero-order valence-electron chi connectivity index (χ0n) is 13.7. The second-order valence-corrected chi connectivity index (χ2v) is 7.92. The molecule has 2 spiro atoms. The Morgan fingerprint density at radius 2 is 1.82 bits per heavy atom. The van der Waals surface area contributed by atoms with Gasteiger partial charge in [-0.05, 0) is 39.0 Å². The van der Waals surface area contributed by atoms with E-state index in [9.17, 15) is 4.79 Å². The summed E-state index contributed by atoms with van der Waals surface area (Å²) < 4.78 is 24.3. The number of rotatable bonds is 0. The Balaban J connectivity index is 1.60. The monoisotopic (exact) mass is 310 g/mol. The number of hydrogen-bond donors (Lipinski definition) is 0. The third kappa shape index (κ3) is 2.17. The number of fused-ring (bicyclic) bond motifs is 1. The minimum atomic E-state index is -0.854. The Bertz CT molecular complexity index is 481. The minimum absolute atomic E-state index is 0.0172. The molecule has 1 unspecified atom stereocenters. The summed E-state index contributed by atoms with van der Waals surface area (Å²) in [6, 6.07) is 0. The van der Waals surface area contributed by atoms with Crippen LogP contribution >= 0.6 is 0 Å². The van der Waals surface area contributed by atoms with Crippen LogP contribution in [-0.2, 0) is 23.7 Å². The molecule has 2 saturated carbocycles. The number of Topliss-reactive ketones (excluding diaryl/α,β-unsaturated/α-hetero) is 1. The zero-order valence-corrected chi connectivity index (χ0v) is 13.7. The molecule has 0 aromatic carbocycles. The maximum atomic E-state index is 13.1. The second kappa shape index (κ2) is 4.76. The number of carbonyl (C=O) groups excluding carboxylic acids is 1. The summed E-state index contributed by atoms with van der Waals surface area (Å²) in [4.78, 5) is 13.1. The fraction of sp³-hybridized carbons (Fsp3) is 0.941. The predicted octanol–water partition coefficient (Wildman–Crippen LogP) is 2.56. The number of hydrogen-bond acceptors (Lipinski definition) is 5. The van der Waals surface area contributed by atoms with Crippen LogP contribution in [0.2, 0.25) is 0 Å². The highest BCUT2D eigenvalue weighted by Crippen LogP contribution is 2.50. The van der Waals surface area contributed by atoms with Crippen molar-refractivity contribution in [1.29, 1.82) is 0 Å². The lowest BCUT2D eigenvalue weighted by atomic mass is 9.75. The van der Waals surface area contributed by atoms with Crippen molar-refractivity contribution >= 4 is 5.78 Å². The average molecular weight is 310 g/mol. The van der Waals surface area contributed by atoms with Gasteiger partial charge in [0.2, 0.25) is 0 Å². The first-order chi connectivity index (χ1) is 10.4. The van der Waals surface area contributed by atoms with E-state index in [1.807, 2.05) is 13.8 Å². The molecule has 0 bridgehead atoms. The van der Waals surface area contributed by atoms with Gasteiger partial charge in [0.1, 0.15) is 6.10 Å². The third-order valence-corrected chi connectivity index (χ3v) is 5.62. The van der Waals surface area contributed by atoms with Crippen LogP contribution < -0.4 is 0 Å². The van der Waals surface area contributed by atoms with E-state index >= 15 is 0 Å². The Hall–Kier alpha value is -0.490. The molecule has 0 aromatic heterocycles. The summed E-state index contributed by atoms with van der Waals surface area (Å²) in [5, 5.41) is 0. The molecule has 0 radical (unpaired) electrons. The largest absolute Gasteiger partial charge is 0.347 e. The van der Waals surface area contributed by atoms with Crippen LogP contribution in [0, 0.1) is 5.92 Å². The van der Waals surface area contributed by atoms with Crippen LogP contribution in [-0.4, -0.2) is 41.8 Å². The smallest absolute Gasteiger partial charge is 0.198 e. The summed E-state index contributed by atoms with van der Waals surface area (Å²) in [6.07, 6.45) is 5.26. The van der Waals surface area contributed by atoms with Crippen molar-refractivity contribution in [3.8, 4) is 0 Å². The van der Waals surface area contributed by atoms with Crippen LogP contribution in [0.5, 0.6) is 0 Å². The summed E-state index contributed by atoms with van der Waals surface area (Å²) in [6.45, 7) is 6.18. The van der Waals surface area contributed by atoms with Gasteiger partial charge < -0.3 is 18.9 Å².